The number of nitrogens with zero attached hydrogens (tertiary/aromatic N) is 2. The molecule has 1 aliphatic rings. The van der Waals surface area contributed by atoms with Crippen molar-refractivity contribution in [1.29, 1.82) is 0 Å². The summed E-state index contributed by atoms with van der Waals surface area (Å²) in [5, 5.41) is 13.3. The lowest BCUT2D eigenvalue weighted by Gasteiger charge is -2.37. The van der Waals surface area contributed by atoms with Crippen molar-refractivity contribution in [2.24, 2.45) is 5.73 Å². The number of benzene rings is 2. The number of anilines is 2. The van der Waals surface area contributed by atoms with E-state index in [1.807, 2.05) is 24.3 Å². The summed E-state index contributed by atoms with van der Waals surface area (Å²) in [4.78, 5) is 17.6. The minimum absolute atomic E-state index is 0.0524. The number of hydrogen-bond acceptors (Lipinski definition) is 5. The van der Waals surface area contributed by atoms with Crippen molar-refractivity contribution in [1.82, 2.24) is 4.98 Å². The van der Waals surface area contributed by atoms with Crippen LogP contribution in [0.25, 0.3) is 22.3 Å². The SMILES string of the molecule is CC(=O)Nc1ccc(-c2cccc(-c3ccnc(N4CC(N)C4)c3)c2O)cc1F. The second-order valence-corrected chi connectivity index (χ2v) is 7.15. The van der Waals surface area contributed by atoms with Gasteiger partial charge in [0.2, 0.25) is 5.91 Å². The average molecular weight is 392 g/mol. The Labute approximate surface area is 167 Å². The molecule has 1 saturated heterocycles. The molecule has 0 bridgehead atoms. The van der Waals surface area contributed by atoms with E-state index in [1.165, 1.54) is 19.1 Å². The number of phenols is 1. The molecule has 0 radical (unpaired) electrons. The van der Waals surface area contributed by atoms with E-state index < -0.39 is 5.82 Å². The van der Waals surface area contributed by atoms with Gasteiger partial charge in [-0.05, 0) is 35.4 Å². The number of nitrogens with two attached hydrogens (primary N) is 1. The number of para-hydroxylation sites is 1. The highest BCUT2D eigenvalue weighted by Gasteiger charge is 2.24. The molecule has 6 nitrogen and oxygen atoms in total. The molecule has 3 aromatic rings. The first-order valence-corrected chi connectivity index (χ1v) is 9.29. The molecule has 1 amide bonds. The van der Waals surface area contributed by atoms with E-state index in [-0.39, 0.29) is 23.4 Å². The van der Waals surface area contributed by atoms with E-state index in [4.69, 9.17) is 5.73 Å². The van der Waals surface area contributed by atoms with Gasteiger partial charge in [0.05, 0.1) is 5.69 Å². The molecule has 0 unspecified atom stereocenters. The number of pyridine rings is 1. The fourth-order valence-corrected chi connectivity index (χ4v) is 3.44. The molecule has 29 heavy (non-hydrogen) atoms. The van der Waals surface area contributed by atoms with Crippen LogP contribution in [0.2, 0.25) is 0 Å². The van der Waals surface area contributed by atoms with Crippen molar-refractivity contribution in [3.05, 3.63) is 60.5 Å². The number of hydrogen-bond donors (Lipinski definition) is 3. The normalized spacial score (nSPS) is 13.8. The van der Waals surface area contributed by atoms with Crippen LogP contribution in [-0.2, 0) is 4.79 Å². The number of aromatic nitrogens is 1. The lowest BCUT2D eigenvalue weighted by atomic mass is 9.97. The number of carbonyl (C=O) groups excluding carboxylic acids is 1. The summed E-state index contributed by atoms with van der Waals surface area (Å²) in [6.45, 7) is 2.82. The zero-order valence-electron chi connectivity index (χ0n) is 15.9. The molecule has 1 fully saturated rings. The Hall–Kier alpha value is -3.45. The highest BCUT2D eigenvalue weighted by Crippen LogP contribution is 2.39. The van der Waals surface area contributed by atoms with Gasteiger partial charge in [0.1, 0.15) is 17.4 Å². The first kappa shape index (κ1) is 18.9. The van der Waals surface area contributed by atoms with Crippen LogP contribution in [0.4, 0.5) is 15.9 Å². The Morgan fingerprint density at radius 1 is 1.17 bits per heavy atom. The summed E-state index contributed by atoms with van der Waals surface area (Å²) in [5.74, 6) is -0.0580. The summed E-state index contributed by atoms with van der Waals surface area (Å²) < 4.78 is 14.3. The minimum Gasteiger partial charge on any atom is -0.507 e. The number of rotatable bonds is 4. The third-order valence-electron chi connectivity index (χ3n) is 4.92. The smallest absolute Gasteiger partial charge is 0.221 e. The zero-order valence-corrected chi connectivity index (χ0v) is 15.9. The summed E-state index contributed by atoms with van der Waals surface area (Å²) in [6.07, 6.45) is 1.70. The molecule has 4 rings (SSSR count). The van der Waals surface area contributed by atoms with Crippen LogP contribution in [0.3, 0.4) is 0 Å². The van der Waals surface area contributed by atoms with Gasteiger partial charge < -0.3 is 21.1 Å². The third-order valence-corrected chi connectivity index (χ3v) is 4.92. The maximum atomic E-state index is 14.3. The molecule has 0 atom stereocenters. The molecule has 1 aliphatic heterocycles. The fraction of sp³-hybridized carbons (Fsp3) is 0.182. The van der Waals surface area contributed by atoms with Crippen molar-refractivity contribution in [2.45, 2.75) is 13.0 Å². The van der Waals surface area contributed by atoms with Crippen LogP contribution in [0.5, 0.6) is 5.75 Å². The van der Waals surface area contributed by atoms with Crippen molar-refractivity contribution < 1.29 is 14.3 Å². The molecular weight excluding hydrogens is 371 g/mol. The Bertz CT molecular complexity index is 1080. The van der Waals surface area contributed by atoms with Gasteiger partial charge >= 0.3 is 0 Å². The first-order chi connectivity index (χ1) is 13.9. The van der Waals surface area contributed by atoms with E-state index >= 15 is 0 Å². The summed E-state index contributed by atoms with van der Waals surface area (Å²) >= 11 is 0. The molecule has 7 heteroatoms. The van der Waals surface area contributed by atoms with Gasteiger partial charge in [-0.15, -0.1) is 0 Å². The van der Waals surface area contributed by atoms with Gasteiger partial charge in [-0.25, -0.2) is 9.37 Å². The predicted molar refractivity (Wildman–Crippen MR) is 111 cm³/mol. The van der Waals surface area contributed by atoms with E-state index in [2.05, 4.69) is 15.2 Å². The van der Waals surface area contributed by atoms with Crippen molar-refractivity contribution in [3.8, 4) is 28.0 Å². The topological polar surface area (TPSA) is 91.5 Å². The van der Waals surface area contributed by atoms with Gasteiger partial charge in [0.25, 0.3) is 0 Å². The van der Waals surface area contributed by atoms with Gasteiger partial charge in [-0.1, -0.05) is 24.3 Å². The van der Waals surface area contributed by atoms with E-state index in [1.54, 1.807) is 18.3 Å². The van der Waals surface area contributed by atoms with Gasteiger partial charge in [0.15, 0.2) is 0 Å². The molecule has 0 saturated carbocycles. The van der Waals surface area contributed by atoms with E-state index in [9.17, 15) is 14.3 Å². The number of amides is 1. The number of carbonyl (C=O) groups is 1. The number of aromatic hydroxyl groups is 1. The molecule has 148 valence electrons. The van der Waals surface area contributed by atoms with Crippen LogP contribution < -0.4 is 16.0 Å². The van der Waals surface area contributed by atoms with E-state index in [0.29, 0.717) is 16.7 Å². The number of halogens is 1. The Balaban J connectivity index is 1.69. The lowest BCUT2D eigenvalue weighted by molar-refractivity contribution is -0.114. The maximum absolute atomic E-state index is 14.3. The third kappa shape index (κ3) is 3.77. The lowest BCUT2D eigenvalue weighted by Crippen LogP contribution is -2.56. The summed E-state index contributed by atoms with van der Waals surface area (Å²) in [6, 6.07) is 13.7. The Morgan fingerprint density at radius 3 is 2.48 bits per heavy atom. The van der Waals surface area contributed by atoms with Crippen LogP contribution in [0.15, 0.2) is 54.7 Å². The predicted octanol–water partition coefficient (Wildman–Crippen LogP) is 3.37. The monoisotopic (exact) mass is 392 g/mol. The molecule has 0 aliphatic carbocycles. The standard InChI is InChI=1S/C22H21FN4O2/c1-13(28)26-20-6-5-14(9-19(20)23)17-3-2-4-18(22(17)29)15-7-8-25-21(10-15)27-11-16(24)12-27/h2-10,16,29H,11-12,24H2,1H3,(H,26,28). The Morgan fingerprint density at radius 2 is 1.86 bits per heavy atom. The van der Waals surface area contributed by atoms with Crippen LogP contribution in [-0.4, -0.2) is 35.1 Å². The molecule has 0 spiro atoms. The van der Waals surface area contributed by atoms with Gasteiger partial charge in [0, 0.05) is 43.4 Å². The molecular formula is C22H21FN4O2. The fourth-order valence-electron chi connectivity index (χ4n) is 3.44. The Kier molecular flexibility index (Phi) is 4.90. The maximum Gasteiger partial charge on any atom is 0.221 e. The van der Waals surface area contributed by atoms with Crippen LogP contribution in [0, 0.1) is 5.82 Å². The van der Waals surface area contributed by atoms with E-state index in [0.717, 1.165) is 24.5 Å². The zero-order chi connectivity index (χ0) is 20.5. The largest absolute Gasteiger partial charge is 0.507 e. The second kappa shape index (κ2) is 7.52. The van der Waals surface area contributed by atoms with Crippen LogP contribution in [0.1, 0.15) is 6.92 Å². The highest BCUT2D eigenvalue weighted by molar-refractivity contribution is 5.89. The first-order valence-electron chi connectivity index (χ1n) is 9.29. The molecule has 2 aromatic carbocycles. The van der Waals surface area contributed by atoms with Crippen LogP contribution >= 0.6 is 0 Å². The minimum atomic E-state index is -0.567. The van der Waals surface area contributed by atoms with Crippen molar-refractivity contribution in [3.63, 3.8) is 0 Å². The average Bonchev–Trinajstić information content (AvgIpc) is 2.67. The quantitative estimate of drug-likeness (QED) is 0.633. The van der Waals surface area contributed by atoms with Crippen molar-refractivity contribution >= 4 is 17.4 Å². The number of phenolic OH excluding ortho intramolecular Hbond substituents is 1. The molecule has 2 heterocycles. The van der Waals surface area contributed by atoms with Gasteiger partial charge in [-0.3, -0.25) is 4.79 Å². The second-order valence-electron chi connectivity index (χ2n) is 7.15. The van der Waals surface area contributed by atoms with Crippen molar-refractivity contribution in [2.75, 3.05) is 23.3 Å². The highest BCUT2D eigenvalue weighted by atomic mass is 19.1. The van der Waals surface area contributed by atoms with Gasteiger partial charge in [-0.2, -0.15) is 0 Å². The summed E-state index contributed by atoms with van der Waals surface area (Å²) in [7, 11) is 0. The molecule has 1 aromatic heterocycles. The molecule has 4 N–H and O–H groups in total. The summed E-state index contributed by atoms with van der Waals surface area (Å²) in [5.41, 5.74) is 8.40. The number of nitrogens with one attached hydrogen (secondary N) is 1.